The fourth-order valence-electron chi connectivity index (χ4n) is 3.06. The molecule has 0 saturated heterocycles. The summed E-state index contributed by atoms with van der Waals surface area (Å²) in [6, 6.07) is 9.39. The lowest BCUT2D eigenvalue weighted by molar-refractivity contribution is 0.324. The van der Waals surface area contributed by atoms with Gasteiger partial charge in [0.25, 0.3) is 0 Å². The molecule has 0 amide bonds. The number of rotatable bonds is 7. The van der Waals surface area contributed by atoms with Gasteiger partial charge in [0.2, 0.25) is 5.75 Å². The lowest BCUT2D eigenvalue weighted by Crippen LogP contribution is -2.05. The maximum Gasteiger partial charge on any atom is 0.203 e. The molecule has 0 fully saturated rings. The summed E-state index contributed by atoms with van der Waals surface area (Å²) >= 11 is 0. The largest absolute Gasteiger partial charge is 0.493 e. The third kappa shape index (κ3) is 3.09. The molecule has 8 heteroatoms. The van der Waals surface area contributed by atoms with Crippen LogP contribution in [-0.2, 0) is 6.54 Å². The Balaban J connectivity index is 1.75. The van der Waals surface area contributed by atoms with Crippen LogP contribution < -0.4 is 19.5 Å². The second-order valence-corrected chi connectivity index (χ2v) is 5.97. The zero-order valence-corrected chi connectivity index (χ0v) is 15.8. The number of hydrogen-bond acceptors (Lipinski definition) is 7. The Hall–Kier alpha value is -3.68. The molecule has 0 spiro atoms. The topological polar surface area (TPSA) is 83.1 Å². The molecule has 28 heavy (non-hydrogen) atoms. The van der Waals surface area contributed by atoms with Crippen LogP contribution in [0, 0.1) is 0 Å². The number of fused-ring (bicyclic) bond motifs is 1. The van der Waals surface area contributed by atoms with E-state index >= 15 is 0 Å². The molecule has 144 valence electrons. The molecule has 1 N–H and O–H groups in total. The highest BCUT2D eigenvalue weighted by Gasteiger charge is 2.17. The van der Waals surface area contributed by atoms with Crippen molar-refractivity contribution >= 4 is 11.5 Å². The minimum Gasteiger partial charge on any atom is -0.493 e. The first-order valence-electron chi connectivity index (χ1n) is 8.64. The average Bonchev–Trinajstić information content (AvgIpc) is 3.41. The molecule has 0 aliphatic heterocycles. The van der Waals surface area contributed by atoms with Crippen molar-refractivity contribution in [2.45, 2.75) is 6.54 Å². The average molecular weight is 380 g/mol. The Morgan fingerprint density at radius 3 is 2.50 bits per heavy atom. The highest BCUT2D eigenvalue weighted by atomic mass is 16.5. The Kier molecular flexibility index (Phi) is 4.76. The van der Waals surface area contributed by atoms with Gasteiger partial charge in [0.15, 0.2) is 17.1 Å². The van der Waals surface area contributed by atoms with Crippen molar-refractivity contribution in [2.24, 2.45) is 0 Å². The smallest absolute Gasteiger partial charge is 0.203 e. The number of aromatic nitrogens is 3. The van der Waals surface area contributed by atoms with Gasteiger partial charge in [0.05, 0.1) is 40.3 Å². The molecular weight excluding hydrogens is 360 g/mol. The van der Waals surface area contributed by atoms with Crippen LogP contribution in [0.25, 0.3) is 16.8 Å². The van der Waals surface area contributed by atoms with E-state index in [1.165, 1.54) is 0 Å². The number of hydrogen-bond donors (Lipinski definition) is 1. The predicted molar refractivity (Wildman–Crippen MR) is 104 cm³/mol. The normalized spacial score (nSPS) is 10.8. The van der Waals surface area contributed by atoms with Crippen LogP contribution in [-0.4, -0.2) is 35.9 Å². The van der Waals surface area contributed by atoms with Gasteiger partial charge in [0.1, 0.15) is 11.6 Å². The van der Waals surface area contributed by atoms with Gasteiger partial charge in [-0.1, -0.05) is 0 Å². The molecule has 0 unspecified atom stereocenters. The number of methoxy groups -OCH3 is 3. The number of benzene rings is 1. The van der Waals surface area contributed by atoms with E-state index in [2.05, 4.69) is 15.4 Å². The van der Waals surface area contributed by atoms with Crippen LogP contribution in [0.2, 0.25) is 0 Å². The van der Waals surface area contributed by atoms with Gasteiger partial charge in [0, 0.05) is 11.8 Å². The molecule has 0 radical (unpaired) electrons. The molecule has 0 aliphatic carbocycles. The Bertz CT molecular complexity index is 1060. The van der Waals surface area contributed by atoms with Gasteiger partial charge in [-0.25, -0.2) is 4.98 Å². The van der Waals surface area contributed by atoms with Crippen LogP contribution >= 0.6 is 0 Å². The third-order valence-electron chi connectivity index (χ3n) is 4.40. The fourth-order valence-corrected chi connectivity index (χ4v) is 3.06. The van der Waals surface area contributed by atoms with E-state index in [-0.39, 0.29) is 0 Å². The Labute approximate surface area is 161 Å². The van der Waals surface area contributed by atoms with Gasteiger partial charge in [-0.2, -0.15) is 9.61 Å². The molecule has 0 aliphatic rings. The zero-order chi connectivity index (χ0) is 19.5. The van der Waals surface area contributed by atoms with E-state index in [1.807, 2.05) is 30.3 Å². The summed E-state index contributed by atoms with van der Waals surface area (Å²) in [4.78, 5) is 4.50. The van der Waals surface area contributed by atoms with E-state index in [0.29, 0.717) is 29.4 Å². The van der Waals surface area contributed by atoms with Gasteiger partial charge < -0.3 is 23.9 Å². The summed E-state index contributed by atoms with van der Waals surface area (Å²) in [5.74, 6) is 3.33. The molecule has 3 aromatic heterocycles. The summed E-state index contributed by atoms with van der Waals surface area (Å²) in [6.07, 6.45) is 5.15. The first kappa shape index (κ1) is 17.7. The van der Waals surface area contributed by atoms with Crippen molar-refractivity contribution in [1.29, 1.82) is 0 Å². The Morgan fingerprint density at radius 2 is 1.86 bits per heavy atom. The number of nitrogens with one attached hydrogen (secondary N) is 1. The third-order valence-corrected chi connectivity index (χ3v) is 4.40. The summed E-state index contributed by atoms with van der Waals surface area (Å²) in [5, 5.41) is 7.81. The molecule has 1 aromatic carbocycles. The van der Waals surface area contributed by atoms with Crippen molar-refractivity contribution in [1.82, 2.24) is 14.6 Å². The van der Waals surface area contributed by atoms with Crippen LogP contribution in [0.15, 0.2) is 53.4 Å². The zero-order valence-electron chi connectivity index (χ0n) is 15.8. The van der Waals surface area contributed by atoms with Crippen LogP contribution in [0.3, 0.4) is 0 Å². The van der Waals surface area contributed by atoms with Crippen molar-refractivity contribution in [3.05, 3.63) is 54.7 Å². The van der Waals surface area contributed by atoms with E-state index in [0.717, 1.165) is 22.7 Å². The van der Waals surface area contributed by atoms with Gasteiger partial charge in [-0.15, -0.1) is 0 Å². The van der Waals surface area contributed by atoms with Crippen molar-refractivity contribution in [2.75, 3.05) is 26.6 Å². The first-order valence-corrected chi connectivity index (χ1v) is 8.64. The molecule has 8 nitrogen and oxygen atoms in total. The molecule has 0 bridgehead atoms. The molecule has 4 aromatic rings. The summed E-state index contributed by atoms with van der Waals surface area (Å²) in [6.45, 7) is 0.547. The minimum absolute atomic E-state index is 0.541. The van der Waals surface area contributed by atoms with Crippen LogP contribution in [0.1, 0.15) is 5.76 Å². The maximum atomic E-state index is 5.46. The first-order chi connectivity index (χ1) is 13.7. The number of anilines is 1. The number of ether oxygens (including phenoxy) is 3. The fraction of sp³-hybridized carbons (Fsp3) is 0.200. The summed E-state index contributed by atoms with van der Waals surface area (Å²) in [7, 11) is 4.76. The van der Waals surface area contributed by atoms with E-state index in [9.17, 15) is 0 Å². The maximum absolute atomic E-state index is 5.46. The monoisotopic (exact) mass is 380 g/mol. The highest BCUT2D eigenvalue weighted by Crippen LogP contribution is 2.41. The second-order valence-electron chi connectivity index (χ2n) is 5.97. The summed E-state index contributed by atoms with van der Waals surface area (Å²) < 4.78 is 23.4. The number of furan rings is 1. The molecule has 0 atom stereocenters. The lowest BCUT2D eigenvalue weighted by Gasteiger charge is -2.13. The lowest BCUT2D eigenvalue weighted by atomic mass is 10.1. The molecular formula is C20H20N4O4. The van der Waals surface area contributed by atoms with Crippen LogP contribution in [0.5, 0.6) is 17.2 Å². The standard InChI is InChI=1S/C20H20N4O4/c1-25-16-9-13(10-17(26-2)19(16)27-3)15-12-23-24-18(6-7-21-20(15)24)22-11-14-5-4-8-28-14/h4-10,12,22H,11H2,1-3H3. The second kappa shape index (κ2) is 7.51. The van der Waals surface area contributed by atoms with Gasteiger partial charge in [-0.05, 0) is 35.9 Å². The van der Waals surface area contributed by atoms with E-state index in [4.69, 9.17) is 18.6 Å². The molecule has 0 saturated carbocycles. The van der Waals surface area contributed by atoms with Crippen molar-refractivity contribution < 1.29 is 18.6 Å². The van der Waals surface area contributed by atoms with Crippen molar-refractivity contribution in [3.8, 4) is 28.4 Å². The molecule has 4 rings (SSSR count). The quantitative estimate of drug-likeness (QED) is 0.524. The minimum atomic E-state index is 0.541. The van der Waals surface area contributed by atoms with Crippen molar-refractivity contribution in [3.63, 3.8) is 0 Å². The van der Waals surface area contributed by atoms with E-state index < -0.39 is 0 Å². The van der Waals surface area contributed by atoms with Gasteiger partial charge >= 0.3 is 0 Å². The highest BCUT2D eigenvalue weighted by molar-refractivity contribution is 5.81. The van der Waals surface area contributed by atoms with Crippen LogP contribution in [0.4, 0.5) is 5.82 Å². The predicted octanol–water partition coefficient (Wildman–Crippen LogP) is 3.63. The SMILES string of the molecule is COc1cc(-c2cnn3c(NCc4ccco4)ccnc23)cc(OC)c1OC. The molecule has 3 heterocycles. The Morgan fingerprint density at radius 1 is 1.07 bits per heavy atom. The van der Waals surface area contributed by atoms with Gasteiger partial charge in [-0.3, -0.25) is 0 Å². The summed E-state index contributed by atoms with van der Waals surface area (Å²) in [5.41, 5.74) is 2.42. The van der Waals surface area contributed by atoms with E-state index in [1.54, 1.807) is 44.5 Å². The number of nitrogens with zero attached hydrogens (tertiary/aromatic N) is 3.